The van der Waals surface area contributed by atoms with Crippen molar-refractivity contribution < 1.29 is 8.42 Å². The zero-order valence-corrected chi connectivity index (χ0v) is 7.99. The Labute approximate surface area is 76.0 Å². The molecule has 1 rings (SSSR count). The van der Waals surface area contributed by atoms with E-state index in [2.05, 4.69) is 4.98 Å². The Bertz CT molecular complexity index is 435. The molecule has 0 radical (unpaired) electrons. The largest absolute Gasteiger partial charge is 0.312 e. The number of rotatable bonds is 3. The first kappa shape index (κ1) is 9.91. The summed E-state index contributed by atoms with van der Waals surface area (Å²) in [6, 6.07) is 0. The summed E-state index contributed by atoms with van der Waals surface area (Å²) in [6.07, 6.45) is 5.21. The predicted octanol–water partition coefficient (Wildman–Crippen LogP) is -0.712. The molecule has 0 unspecified atom stereocenters. The van der Waals surface area contributed by atoms with Crippen molar-refractivity contribution in [2.45, 2.75) is 6.54 Å². The minimum Gasteiger partial charge on any atom is -0.312 e. The van der Waals surface area contributed by atoms with E-state index in [0.29, 0.717) is 0 Å². The summed E-state index contributed by atoms with van der Waals surface area (Å²) in [7, 11) is -3.02. The second-order valence-corrected chi connectivity index (χ2v) is 5.00. The highest BCUT2D eigenvalue weighted by Gasteiger charge is 2.02. The molecule has 0 aromatic carbocycles. The molecule has 13 heavy (non-hydrogen) atoms. The third kappa shape index (κ3) is 3.37. The van der Waals surface area contributed by atoms with Gasteiger partial charge in [0.05, 0.1) is 11.9 Å². The molecule has 0 aliphatic heterocycles. The Morgan fingerprint density at radius 3 is 2.77 bits per heavy atom. The standard InChI is InChI=1S/C7H10N2O3S/c1-13(11,12)5-4-9-3-2-8-6-7(9)10/h2-3,6H,4-5H2,1H3. The summed E-state index contributed by atoms with van der Waals surface area (Å²) in [5.74, 6) is -0.0308. The van der Waals surface area contributed by atoms with Crippen LogP contribution in [0, 0.1) is 0 Å². The lowest BCUT2D eigenvalue weighted by Crippen LogP contribution is -2.22. The van der Waals surface area contributed by atoms with Gasteiger partial charge >= 0.3 is 0 Å². The lowest BCUT2D eigenvalue weighted by atomic mass is 10.6. The number of hydrogen-bond acceptors (Lipinski definition) is 4. The van der Waals surface area contributed by atoms with Crippen molar-refractivity contribution in [2.24, 2.45) is 0 Å². The third-order valence-corrected chi connectivity index (χ3v) is 2.43. The van der Waals surface area contributed by atoms with Gasteiger partial charge in [-0.2, -0.15) is 0 Å². The van der Waals surface area contributed by atoms with Crippen molar-refractivity contribution in [1.82, 2.24) is 9.55 Å². The van der Waals surface area contributed by atoms with E-state index in [1.54, 1.807) is 0 Å². The molecule has 1 aromatic heterocycles. The predicted molar refractivity (Wildman–Crippen MR) is 48.2 cm³/mol. The first-order valence-electron chi connectivity index (χ1n) is 3.67. The molecular weight excluding hydrogens is 192 g/mol. The fraction of sp³-hybridized carbons (Fsp3) is 0.429. The summed E-state index contributed by atoms with van der Waals surface area (Å²) in [5, 5.41) is 0. The molecule has 0 atom stereocenters. The van der Waals surface area contributed by atoms with E-state index in [1.165, 1.54) is 17.0 Å². The topological polar surface area (TPSA) is 69.0 Å². The average Bonchev–Trinajstić information content (AvgIpc) is 2.01. The van der Waals surface area contributed by atoms with Crippen LogP contribution < -0.4 is 5.56 Å². The molecule has 0 spiro atoms. The fourth-order valence-corrected chi connectivity index (χ4v) is 1.35. The average molecular weight is 202 g/mol. The van der Waals surface area contributed by atoms with Crippen LogP contribution in [-0.4, -0.2) is 30.0 Å². The molecule has 0 N–H and O–H groups in total. The normalized spacial score (nSPS) is 11.5. The second kappa shape index (κ2) is 3.69. The van der Waals surface area contributed by atoms with Crippen LogP contribution in [0.1, 0.15) is 0 Å². The van der Waals surface area contributed by atoms with Gasteiger partial charge in [-0.1, -0.05) is 0 Å². The van der Waals surface area contributed by atoms with Crippen molar-refractivity contribution in [2.75, 3.05) is 12.0 Å². The SMILES string of the molecule is CS(=O)(=O)CCn1ccncc1=O. The van der Waals surface area contributed by atoms with Gasteiger partial charge < -0.3 is 4.57 Å². The number of sulfone groups is 1. The summed E-state index contributed by atoms with van der Waals surface area (Å²) < 4.78 is 22.9. The maximum absolute atomic E-state index is 11.0. The maximum Gasteiger partial charge on any atom is 0.269 e. The summed E-state index contributed by atoms with van der Waals surface area (Å²) >= 11 is 0. The Balaban J connectivity index is 2.77. The van der Waals surface area contributed by atoms with Crippen LogP contribution in [0.5, 0.6) is 0 Å². The van der Waals surface area contributed by atoms with E-state index in [9.17, 15) is 13.2 Å². The van der Waals surface area contributed by atoms with E-state index in [-0.39, 0.29) is 17.9 Å². The van der Waals surface area contributed by atoms with Crippen molar-refractivity contribution in [3.63, 3.8) is 0 Å². The van der Waals surface area contributed by atoms with Crippen LogP contribution >= 0.6 is 0 Å². The van der Waals surface area contributed by atoms with E-state index >= 15 is 0 Å². The summed E-state index contributed by atoms with van der Waals surface area (Å²) in [4.78, 5) is 14.6. The Kier molecular flexibility index (Phi) is 2.82. The lowest BCUT2D eigenvalue weighted by molar-refractivity contribution is 0.592. The van der Waals surface area contributed by atoms with Gasteiger partial charge in [-0.05, 0) is 0 Å². The molecule has 0 bridgehead atoms. The van der Waals surface area contributed by atoms with Gasteiger partial charge in [0.15, 0.2) is 0 Å². The molecule has 0 aliphatic rings. The molecule has 72 valence electrons. The van der Waals surface area contributed by atoms with Gasteiger partial charge in [-0.3, -0.25) is 9.78 Å². The monoisotopic (exact) mass is 202 g/mol. The van der Waals surface area contributed by atoms with Gasteiger partial charge in [-0.25, -0.2) is 8.42 Å². The first-order chi connectivity index (χ1) is 5.99. The Hall–Kier alpha value is -1.17. The van der Waals surface area contributed by atoms with Gasteiger partial charge in [0, 0.05) is 25.2 Å². The first-order valence-corrected chi connectivity index (χ1v) is 5.73. The molecule has 0 saturated carbocycles. The molecule has 0 fully saturated rings. The van der Waals surface area contributed by atoms with Gasteiger partial charge in [0.25, 0.3) is 5.56 Å². The van der Waals surface area contributed by atoms with E-state index in [1.807, 2.05) is 0 Å². The van der Waals surface area contributed by atoms with Crippen LogP contribution in [0.4, 0.5) is 0 Å². The number of aromatic nitrogens is 2. The minimum atomic E-state index is -3.02. The molecule has 0 amide bonds. The third-order valence-electron chi connectivity index (χ3n) is 1.50. The minimum absolute atomic E-state index is 0.0308. The highest BCUT2D eigenvalue weighted by Crippen LogP contribution is 1.86. The van der Waals surface area contributed by atoms with Crippen LogP contribution in [-0.2, 0) is 16.4 Å². The molecule has 0 saturated heterocycles. The number of hydrogen-bond donors (Lipinski definition) is 0. The maximum atomic E-state index is 11.0. The van der Waals surface area contributed by atoms with Crippen LogP contribution in [0.3, 0.4) is 0 Å². The van der Waals surface area contributed by atoms with E-state index < -0.39 is 9.84 Å². The van der Waals surface area contributed by atoms with E-state index in [4.69, 9.17) is 0 Å². The van der Waals surface area contributed by atoms with Crippen molar-refractivity contribution in [3.8, 4) is 0 Å². The molecule has 6 heteroatoms. The zero-order chi connectivity index (χ0) is 9.90. The van der Waals surface area contributed by atoms with Gasteiger partial charge in [-0.15, -0.1) is 0 Å². The Morgan fingerprint density at radius 1 is 1.54 bits per heavy atom. The fourth-order valence-electron chi connectivity index (χ4n) is 0.822. The second-order valence-electron chi connectivity index (χ2n) is 2.74. The van der Waals surface area contributed by atoms with Crippen molar-refractivity contribution >= 4 is 9.84 Å². The van der Waals surface area contributed by atoms with Crippen LogP contribution in [0.25, 0.3) is 0 Å². The quantitative estimate of drug-likeness (QED) is 0.649. The highest BCUT2D eigenvalue weighted by atomic mass is 32.2. The van der Waals surface area contributed by atoms with E-state index in [0.717, 1.165) is 12.5 Å². The number of aryl methyl sites for hydroxylation is 1. The van der Waals surface area contributed by atoms with Gasteiger partial charge in [0.1, 0.15) is 9.84 Å². The van der Waals surface area contributed by atoms with Crippen molar-refractivity contribution in [3.05, 3.63) is 28.9 Å². The summed E-state index contributed by atoms with van der Waals surface area (Å²) in [6.45, 7) is 0.181. The highest BCUT2D eigenvalue weighted by molar-refractivity contribution is 7.90. The van der Waals surface area contributed by atoms with Crippen LogP contribution in [0.15, 0.2) is 23.4 Å². The number of nitrogens with zero attached hydrogens (tertiary/aromatic N) is 2. The van der Waals surface area contributed by atoms with Gasteiger partial charge in [0.2, 0.25) is 0 Å². The van der Waals surface area contributed by atoms with Crippen LogP contribution in [0.2, 0.25) is 0 Å². The molecule has 5 nitrogen and oxygen atoms in total. The van der Waals surface area contributed by atoms with Crippen molar-refractivity contribution in [1.29, 1.82) is 0 Å². The summed E-state index contributed by atoms with van der Waals surface area (Å²) in [5.41, 5.74) is -0.286. The zero-order valence-electron chi connectivity index (χ0n) is 7.17. The Morgan fingerprint density at radius 2 is 2.23 bits per heavy atom. The smallest absolute Gasteiger partial charge is 0.269 e. The lowest BCUT2D eigenvalue weighted by Gasteiger charge is -2.01. The molecule has 1 heterocycles. The molecule has 1 aromatic rings. The molecule has 0 aliphatic carbocycles. The molecular formula is C7H10N2O3S.